The van der Waals surface area contributed by atoms with Crippen LogP contribution >= 0.6 is 0 Å². The van der Waals surface area contributed by atoms with E-state index >= 15 is 0 Å². The minimum atomic E-state index is -0.838. The highest BCUT2D eigenvalue weighted by atomic mass is 19.1. The number of anilines is 2. The molecule has 162 valence electrons. The van der Waals surface area contributed by atoms with Crippen molar-refractivity contribution in [2.24, 2.45) is 11.8 Å². The van der Waals surface area contributed by atoms with Gasteiger partial charge in [-0.25, -0.2) is 13.8 Å². The second-order valence-corrected chi connectivity index (χ2v) is 8.31. The van der Waals surface area contributed by atoms with Gasteiger partial charge in [0, 0.05) is 24.5 Å². The Bertz CT molecular complexity index is 1100. The SMILES string of the molecule is CC1CC(C)CN(c2ccc3cccc(OCC(=O)Nc4ccc(F)cc4F)c3n2)C1. The molecule has 4 rings (SSSR count). The Kier molecular flexibility index (Phi) is 6.02. The molecule has 0 bridgehead atoms. The lowest BCUT2D eigenvalue weighted by Gasteiger charge is -2.35. The number of fused-ring (bicyclic) bond motifs is 1. The Morgan fingerprint density at radius 1 is 1.13 bits per heavy atom. The fourth-order valence-electron chi connectivity index (χ4n) is 4.17. The molecule has 1 aliphatic heterocycles. The molecule has 1 saturated heterocycles. The summed E-state index contributed by atoms with van der Waals surface area (Å²) >= 11 is 0. The largest absolute Gasteiger partial charge is 0.481 e. The normalized spacial score (nSPS) is 18.8. The summed E-state index contributed by atoms with van der Waals surface area (Å²) < 4.78 is 32.5. The summed E-state index contributed by atoms with van der Waals surface area (Å²) in [6.45, 7) is 6.09. The summed E-state index contributed by atoms with van der Waals surface area (Å²) in [5, 5.41) is 3.30. The molecular formula is C24H25F2N3O2. The van der Waals surface area contributed by atoms with Crippen LogP contribution in [0.4, 0.5) is 20.3 Å². The maximum absolute atomic E-state index is 13.7. The average molecular weight is 425 g/mol. The number of rotatable bonds is 5. The lowest BCUT2D eigenvalue weighted by molar-refractivity contribution is -0.118. The number of ether oxygens (including phenoxy) is 1. The summed E-state index contributed by atoms with van der Waals surface area (Å²) in [6.07, 6.45) is 1.21. The van der Waals surface area contributed by atoms with Crippen molar-refractivity contribution < 1.29 is 18.3 Å². The van der Waals surface area contributed by atoms with Crippen molar-refractivity contribution in [1.29, 1.82) is 0 Å². The summed E-state index contributed by atoms with van der Waals surface area (Å²) in [4.78, 5) is 19.3. The van der Waals surface area contributed by atoms with Gasteiger partial charge in [0.05, 0.1) is 5.69 Å². The third-order valence-electron chi connectivity index (χ3n) is 5.43. The maximum atomic E-state index is 13.7. The third kappa shape index (κ3) is 4.93. The number of hydrogen-bond donors (Lipinski definition) is 1. The Balaban J connectivity index is 1.50. The van der Waals surface area contributed by atoms with Crippen molar-refractivity contribution in [3.05, 3.63) is 60.2 Å². The van der Waals surface area contributed by atoms with Crippen molar-refractivity contribution >= 4 is 28.3 Å². The van der Waals surface area contributed by atoms with Gasteiger partial charge in [-0.2, -0.15) is 0 Å². The molecule has 7 heteroatoms. The first kappa shape index (κ1) is 21.0. The first-order chi connectivity index (χ1) is 14.9. The Labute approximate surface area is 180 Å². The van der Waals surface area contributed by atoms with Crippen LogP contribution in [-0.4, -0.2) is 30.6 Å². The van der Waals surface area contributed by atoms with Crippen LogP contribution in [-0.2, 0) is 4.79 Å². The maximum Gasteiger partial charge on any atom is 0.262 e. The van der Waals surface area contributed by atoms with Gasteiger partial charge in [-0.05, 0) is 48.6 Å². The van der Waals surface area contributed by atoms with E-state index in [-0.39, 0.29) is 12.3 Å². The lowest BCUT2D eigenvalue weighted by Crippen LogP contribution is -2.39. The number of hydrogen-bond acceptors (Lipinski definition) is 4. The molecule has 5 nitrogen and oxygen atoms in total. The zero-order valence-corrected chi connectivity index (χ0v) is 17.6. The predicted octanol–water partition coefficient (Wildman–Crippen LogP) is 5.01. The van der Waals surface area contributed by atoms with Crippen LogP contribution in [0.3, 0.4) is 0 Å². The highest BCUT2D eigenvalue weighted by Crippen LogP contribution is 2.30. The molecule has 31 heavy (non-hydrogen) atoms. The van der Waals surface area contributed by atoms with E-state index < -0.39 is 17.5 Å². The summed E-state index contributed by atoms with van der Waals surface area (Å²) in [7, 11) is 0. The minimum Gasteiger partial charge on any atom is -0.481 e. The zero-order valence-electron chi connectivity index (χ0n) is 17.6. The van der Waals surface area contributed by atoms with E-state index in [0.717, 1.165) is 36.4 Å². The van der Waals surface area contributed by atoms with Crippen LogP contribution < -0.4 is 15.0 Å². The van der Waals surface area contributed by atoms with Crippen LogP contribution in [0.25, 0.3) is 10.9 Å². The molecule has 0 spiro atoms. The third-order valence-corrected chi connectivity index (χ3v) is 5.43. The van der Waals surface area contributed by atoms with Gasteiger partial charge in [0.25, 0.3) is 5.91 Å². The first-order valence-electron chi connectivity index (χ1n) is 10.4. The summed E-state index contributed by atoms with van der Waals surface area (Å²) in [5.74, 6) is 0.479. The number of piperidine rings is 1. The lowest BCUT2D eigenvalue weighted by atomic mass is 9.92. The number of halogens is 2. The number of aromatic nitrogens is 1. The van der Waals surface area contributed by atoms with E-state index in [4.69, 9.17) is 9.72 Å². The number of carbonyl (C=O) groups is 1. The fraction of sp³-hybridized carbons (Fsp3) is 0.333. The van der Waals surface area contributed by atoms with Crippen molar-refractivity contribution in [1.82, 2.24) is 4.98 Å². The highest BCUT2D eigenvalue weighted by molar-refractivity contribution is 5.92. The number of benzene rings is 2. The number of para-hydroxylation sites is 1. The highest BCUT2D eigenvalue weighted by Gasteiger charge is 2.23. The van der Waals surface area contributed by atoms with Crippen molar-refractivity contribution in [3.8, 4) is 5.75 Å². The van der Waals surface area contributed by atoms with E-state index in [0.29, 0.717) is 23.1 Å². The summed E-state index contributed by atoms with van der Waals surface area (Å²) in [5.41, 5.74) is 0.577. The van der Waals surface area contributed by atoms with E-state index in [1.807, 2.05) is 24.3 Å². The minimum absolute atomic E-state index is 0.0957. The molecule has 1 aromatic heterocycles. The van der Waals surface area contributed by atoms with Crippen molar-refractivity contribution in [3.63, 3.8) is 0 Å². The fourth-order valence-corrected chi connectivity index (χ4v) is 4.17. The standard InChI is InChI=1S/C24H25F2N3O2/c1-15-10-16(2)13-29(12-15)22-9-6-17-4-3-5-21(24(17)28-22)31-14-23(30)27-20-8-7-18(25)11-19(20)26/h3-9,11,15-16H,10,12-14H2,1-2H3,(H,27,30). The van der Waals surface area contributed by atoms with Crippen LogP contribution in [0, 0.1) is 23.5 Å². The van der Waals surface area contributed by atoms with Crippen molar-refractivity contribution in [2.45, 2.75) is 20.3 Å². The zero-order chi connectivity index (χ0) is 22.0. The second-order valence-electron chi connectivity index (χ2n) is 8.31. The molecule has 2 aromatic carbocycles. The second kappa shape index (κ2) is 8.88. The molecule has 2 unspecified atom stereocenters. The predicted molar refractivity (Wildman–Crippen MR) is 117 cm³/mol. The molecule has 0 radical (unpaired) electrons. The molecule has 3 aromatic rings. The average Bonchev–Trinajstić information content (AvgIpc) is 2.73. The van der Waals surface area contributed by atoms with Crippen LogP contribution in [0.5, 0.6) is 5.75 Å². The topological polar surface area (TPSA) is 54.5 Å². The van der Waals surface area contributed by atoms with Crippen LogP contribution in [0.1, 0.15) is 20.3 Å². The van der Waals surface area contributed by atoms with Crippen LogP contribution in [0.2, 0.25) is 0 Å². The van der Waals surface area contributed by atoms with Gasteiger partial charge in [-0.3, -0.25) is 4.79 Å². The molecule has 0 saturated carbocycles. The number of nitrogens with one attached hydrogen (secondary N) is 1. The quantitative estimate of drug-likeness (QED) is 0.624. The molecule has 1 amide bonds. The molecule has 2 atom stereocenters. The smallest absolute Gasteiger partial charge is 0.262 e. The summed E-state index contributed by atoms with van der Waals surface area (Å²) in [6, 6.07) is 12.5. The molecule has 2 heterocycles. The Hall–Kier alpha value is -3.22. The number of carbonyl (C=O) groups excluding carboxylic acids is 1. The molecule has 0 aliphatic carbocycles. The van der Waals surface area contributed by atoms with E-state index in [2.05, 4.69) is 24.1 Å². The Morgan fingerprint density at radius 2 is 1.90 bits per heavy atom. The van der Waals surface area contributed by atoms with Gasteiger partial charge in [0.1, 0.15) is 28.7 Å². The van der Waals surface area contributed by atoms with Gasteiger partial charge < -0.3 is 15.0 Å². The first-order valence-corrected chi connectivity index (χ1v) is 10.4. The number of nitrogens with zero attached hydrogens (tertiary/aromatic N) is 2. The van der Waals surface area contributed by atoms with E-state index in [1.165, 1.54) is 12.5 Å². The van der Waals surface area contributed by atoms with Gasteiger partial charge in [0.2, 0.25) is 0 Å². The van der Waals surface area contributed by atoms with Gasteiger partial charge in [0.15, 0.2) is 6.61 Å². The van der Waals surface area contributed by atoms with Crippen LogP contribution in [0.15, 0.2) is 48.5 Å². The molecular weight excluding hydrogens is 400 g/mol. The van der Waals surface area contributed by atoms with Gasteiger partial charge >= 0.3 is 0 Å². The van der Waals surface area contributed by atoms with Crippen molar-refractivity contribution in [2.75, 3.05) is 29.9 Å². The van der Waals surface area contributed by atoms with E-state index in [9.17, 15) is 13.6 Å². The molecule has 1 N–H and O–H groups in total. The monoisotopic (exact) mass is 425 g/mol. The van der Waals surface area contributed by atoms with Gasteiger partial charge in [-0.15, -0.1) is 0 Å². The molecule has 1 aliphatic rings. The number of pyridine rings is 1. The molecule has 1 fully saturated rings. The Morgan fingerprint density at radius 3 is 2.65 bits per heavy atom. The van der Waals surface area contributed by atoms with E-state index in [1.54, 1.807) is 6.07 Å². The number of amides is 1. The van der Waals surface area contributed by atoms with Gasteiger partial charge in [-0.1, -0.05) is 26.0 Å².